The SMILES string of the molecule is OC1CCc2nnc(C3CCCSC3)n2C1. The van der Waals surface area contributed by atoms with E-state index < -0.39 is 0 Å². The fourth-order valence-corrected chi connectivity index (χ4v) is 3.71. The van der Waals surface area contributed by atoms with E-state index in [1.54, 1.807) is 0 Å². The van der Waals surface area contributed by atoms with Crippen molar-refractivity contribution in [3.8, 4) is 0 Å². The van der Waals surface area contributed by atoms with Gasteiger partial charge >= 0.3 is 0 Å². The number of thioether (sulfide) groups is 1. The summed E-state index contributed by atoms with van der Waals surface area (Å²) in [6.45, 7) is 0.693. The third-order valence-electron chi connectivity index (χ3n) is 3.48. The number of aryl methyl sites for hydroxylation is 1. The zero-order valence-electron chi connectivity index (χ0n) is 9.30. The van der Waals surface area contributed by atoms with E-state index in [0.29, 0.717) is 12.5 Å². The van der Waals surface area contributed by atoms with E-state index in [4.69, 9.17) is 0 Å². The molecule has 5 heteroatoms. The standard InChI is InChI=1S/C11H17N3OS/c15-9-3-4-10-12-13-11(14(10)6-9)8-2-1-5-16-7-8/h8-9,15H,1-7H2. The molecule has 1 N–H and O–H groups in total. The lowest BCUT2D eigenvalue weighted by Gasteiger charge is -2.25. The molecule has 1 aromatic rings. The summed E-state index contributed by atoms with van der Waals surface area (Å²) in [6, 6.07) is 0. The Morgan fingerprint density at radius 1 is 1.31 bits per heavy atom. The molecule has 2 unspecified atom stereocenters. The van der Waals surface area contributed by atoms with Gasteiger partial charge in [-0.25, -0.2) is 0 Å². The monoisotopic (exact) mass is 239 g/mol. The molecule has 2 atom stereocenters. The van der Waals surface area contributed by atoms with Crippen LogP contribution in [0, 0.1) is 0 Å². The predicted octanol–water partition coefficient (Wildman–Crippen LogP) is 1.20. The third kappa shape index (κ3) is 1.86. The van der Waals surface area contributed by atoms with E-state index in [0.717, 1.165) is 30.2 Å². The molecule has 1 fully saturated rings. The summed E-state index contributed by atoms with van der Waals surface area (Å²) in [7, 11) is 0. The van der Waals surface area contributed by atoms with E-state index in [1.165, 1.54) is 18.6 Å². The van der Waals surface area contributed by atoms with Crippen LogP contribution >= 0.6 is 11.8 Å². The van der Waals surface area contributed by atoms with Gasteiger partial charge in [-0.2, -0.15) is 11.8 Å². The Hall–Kier alpha value is -0.550. The van der Waals surface area contributed by atoms with Crippen molar-refractivity contribution in [2.45, 2.75) is 44.2 Å². The smallest absolute Gasteiger partial charge is 0.137 e. The number of aliphatic hydroxyl groups is 1. The van der Waals surface area contributed by atoms with E-state index >= 15 is 0 Å². The Bertz CT molecular complexity index is 373. The maximum absolute atomic E-state index is 9.72. The van der Waals surface area contributed by atoms with Crippen LogP contribution in [0.25, 0.3) is 0 Å². The second kappa shape index (κ2) is 4.37. The lowest BCUT2D eigenvalue weighted by atomic mass is 10.0. The number of hydrogen-bond acceptors (Lipinski definition) is 4. The Kier molecular flexibility index (Phi) is 2.90. The zero-order valence-corrected chi connectivity index (χ0v) is 10.1. The number of aromatic nitrogens is 3. The van der Waals surface area contributed by atoms with Crippen LogP contribution in [0.3, 0.4) is 0 Å². The Balaban J connectivity index is 1.86. The van der Waals surface area contributed by atoms with Gasteiger partial charge in [-0.05, 0) is 25.0 Å². The molecule has 1 saturated heterocycles. The van der Waals surface area contributed by atoms with Crippen LogP contribution in [-0.2, 0) is 13.0 Å². The number of nitrogens with zero attached hydrogens (tertiary/aromatic N) is 3. The first-order valence-electron chi connectivity index (χ1n) is 6.02. The molecular weight excluding hydrogens is 222 g/mol. The van der Waals surface area contributed by atoms with Gasteiger partial charge in [0.2, 0.25) is 0 Å². The second-order valence-electron chi connectivity index (χ2n) is 4.69. The van der Waals surface area contributed by atoms with E-state index in [-0.39, 0.29) is 6.10 Å². The summed E-state index contributed by atoms with van der Waals surface area (Å²) in [5, 5.41) is 18.3. The highest BCUT2D eigenvalue weighted by Crippen LogP contribution is 2.31. The molecule has 0 aromatic carbocycles. The minimum atomic E-state index is -0.210. The molecule has 16 heavy (non-hydrogen) atoms. The van der Waals surface area contributed by atoms with Crippen LogP contribution in [-0.4, -0.2) is 37.5 Å². The highest BCUT2D eigenvalue weighted by atomic mass is 32.2. The third-order valence-corrected chi connectivity index (χ3v) is 4.69. The van der Waals surface area contributed by atoms with Gasteiger partial charge in [0.25, 0.3) is 0 Å². The van der Waals surface area contributed by atoms with Crippen LogP contribution in [0.1, 0.15) is 36.8 Å². The van der Waals surface area contributed by atoms with E-state index in [2.05, 4.69) is 14.8 Å². The van der Waals surface area contributed by atoms with Gasteiger partial charge in [0.15, 0.2) is 0 Å². The van der Waals surface area contributed by atoms with Crippen LogP contribution in [0.4, 0.5) is 0 Å². The first-order valence-corrected chi connectivity index (χ1v) is 7.18. The van der Waals surface area contributed by atoms with Crippen molar-refractivity contribution in [2.75, 3.05) is 11.5 Å². The first-order chi connectivity index (χ1) is 7.84. The Labute approximate surface area is 99.4 Å². The van der Waals surface area contributed by atoms with E-state index in [9.17, 15) is 5.11 Å². The maximum atomic E-state index is 9.72. The van der Waals surface area contributed by atoms with Gasteiger partial charge in [0.05, 0.1) is 12.6 Å². The normalized spacial score (nSPS) is 30.1. The summed E-state index contributed by atoms with van der Waals surface area (Å²) in [6.07, 6.45) is 3.99. The van der Waals surface area contributed by atoms with Crippen molar-refractivity contribution in [2.24, 2.45) is 0 Å². The van der Waals surface area contributed by atoms with E-state index in [1.807, 2.05) is 11.8 Å². The molecule has 3 rings (SSSR count). The molecule has 3 heterocycles. The quantitative estimate of drug-likeness (QED) is 0.800. The number of rotatable bonds is 1. The molecule has 0 amide bonds. The summed E-state index contributed by atoms with van der Waals surface area (Å²) in [5.41, 5.74) is 0. The second-order valence-corrected chi connectivity index (χ2v) is 5.84. The van der Waals surface area contributed by atoms with Crippen molar-refractivity contribution in [3.05, 3.63) is 11.6 Å². The van der Waals surface area contributed by atoms with Gasteiger partial charge in [-0.3, -0.25) is 0 Å². The molecule has 2 aliphatic heterocycles. The molecule has 0 spiro atoms. The van der Waals surface area contributed by atoms with Gasteiger partial charge in [0, 0.05) is 18.1 Å². The summed E-state index contributed by atoms with van der Waals surface area (Å²) in [5.74, 6) is 5.16. The predicted molar refractivity (Wildman–Crippen MR) is 63.6 cm³/mol. The molecule has 0 radical (unpaired) electrons. The lowest BCUT2D eigenvalue weighted by molar-refractivity contribution is 0.128. The Morgan fingerprint density at radius 2 is 2.25 bits per heavy atom. The van der Waals surface area contributed by atoms with Crippen molar-refractivity contribution >= 4 is 11.8 Å². The van der Waals surface area contributed by atoms with Gasteiger partial charge in [-0.1, -0.05) is 0 Å². The van der Waals surface area contributed by atoms with Crippen molar-refractivity contribution in [1.82, 2.24) is 14.8 Å². The van der Waals surface area contributed by atoms with Crippen molar-refractivity contribution in [3.63, 3.8) is 0 Å². The zero-order chi connectivity index (χ0) is 11.0. The van der Waals surface area contributed by atoms with Crippen LogP contribution < -0.4 is 0 Å². The molecular formula is C11H17N3OS. The van der Waals surface area contributed by atoms with Crippen LogP contribution in [0.5, 0.6) is 0 Å². The molecule has 0 saturated carbocycles. The van der Waals surface area contributed by atoms with Crippen LogP contribution in [0.15, 0.2) is 0 Å². The fraction of sp³-hybridized carbons (Fsp3) is 0.818. The summed E-state index contributed by atoms with van der Waals surface area (Å²) >= 11 is 2.01. The number of aliphatic hydroxyl groups excluding tert-OH is 1. The molecule has 0 aliphatic carbocycles. The number of fused-ring (bicyclic) bond motifs is 1. The van der Waals surface area contributed by atoms with Crippen molar-refractivity contribution < 1.29 is 5.11 Å². The number of hydrogen-bond donors (Lipinski definition) is 1. The highest BCUT2D eigenvalue weighted by molar-refractivity contribution is 7.99. The molecule has 2 aliphatic rings. The van der Waals surface area contributed by atoms with Crippen LogP contribution in [0.2, 0.25) is 0 Å². The van der Waals surface area contributed by atoms with Crippen molar-refractivity contribution in [1.29, 1.82) is 0 Å². The molecule has 4 nitrogen and oxygen atoms in total. The minimum absolute atomic E-state index is 0.210. The summed E-state index contributed by atoms with van der Waals surface area (Å²) < 4.78 is 2.16. The van der Waals surface area contributed by atoms with Gasteiger partial charge in [0.1, 0.15) is 11.6 Å². The van der Waals surface area contributed by atoms with Gasteiger partial charge in [-0.15, -0.1) is 10.2 Å². The molecule has 1 aromatic heterocycles. The Morgan fingerprint density at radius 3 is 3.06 bits per heavy atom. The minimum Gasteiger partial charge on any atom is -0.391 e. The average molecular weight is 239 g/mol. The lowest BCUT2D eigenvalue weighted by Crippen LogP contribution is -2.27. The maximum Gasteiger partial charge on any atom is 0.137 e. The first kappa shape index (κ1) is 10.6. The average Bonchev–Trinajstić information content (AvgIpc) is 2.73. The van der Waals surface area contributed by atoms with Gasteiger partial charge < -0.3 is 9.67 Å². The summed E-state index contributed by atoms with van der Waals surface area (Å²) in [4.78, 5) is 0. The topological polar surface area (TPSA) is 50.9 Å². The highest BCUT2D eigenvalue weighted by Gasteiger charge is 2.26. The molecule has 88 valence electrons. The molecule has 0 bridgehead atoms. The largest absolute Gasteiger partial charge is 0.391 e. The fourth-order valence-electron chi connectivity index (χ4n) is 2.58.